The summed E-state index contributed by atoms with van der Waals surface area (Å²) in [6, 6.07) is 4.85. The van der Waals surface area contributed by atoms with Crippen LogP contribution < -0.4 is 10.5 Å². The molecule has 4 nitrogen and oxygen atoms in total. The fraction of sp³-hybridized carbons (Fsp3) is 0.286. The van der Waals surface area contributed by atoms with Gasteiger partial charge in [-0.25, -0.2) is 17.5 Å². The Morgan fingerprint density at radius 1 is 1.24 bits per heavy atom. The lowest BCUT2D eigenvalue weighted by atomic mass is 10.1. The van der Waals surface area contributed by atoms with Gasteiger partial charge in [0.05, 0.1) is 4.90 Å². The average Bonchev–Trinajstić information content (AvgIpc) is 2.92. The van der Waals surface area contributed by atoms with Crippen LogP contribution in [0, 0.1) is 19.7 Å². The number of benzene rings is 1. The van der Waals surface area contributed by atoms with Crippen molar-refractivity contribution in [3.05, 3.63) is 51.0 Å². The number of hydrogen-bond acceptors (Lipinski definition) is 4. The summed E-state index contributed by atoms with van der Waals surface area (Å²) in [5, 5.41) is 1.56. The second kappa shape index (κ2) is 6.23. The zero-order valence-corrected chi connectivity index (χ0v) is 13.4. The van der Waals surface area contributed by atoms with E-state index >= 15 is 0 Å². The third-order valence-electron chi connectivity index (χ3n) is 3.10. The van der Waals surface area contributed by atoms with Gasteiger partial charge in [-0.2, -0.15) is 0 Å². The Bertz CT molecular complexity index is 731. The SMILES string of the molecule is Cc1cc(CNS(=O)(=O)c2csc(CN)c2)cc(C)c1F. The number of nitrogens with one attached hydrogen (secondary N) is 1. The first-order valence-electron chi connectivity index (χ1n) is 6.36. The van der Waals surface area contributed by atoms with Crippen LogP contribution in [0.5, 0.6) is 0 Å². The molecule has 21 heavy (non-hydrogen) atoms. The number of rotatable bonds is 5. The number of hydrogen-bond donors (Lipinski definition) is 2. The molecule has 0 saturated carbocycles. The Hall–Kier alpha value is -1.28. The molecule has 0 amide bonds. The molecular formula is C14H17FN2O2S2. The topological polar surface area (TPSA) is 72.2 Å². The van der Waals surface area contributed by atoms with Gasteiger partial charge in [-0.3, -0.25) is 0 Å². The molecule has 7 heteroatoms. The minimum absolute atomic E-state index is 0.123. The molecule has 0 fully saturated rings. The predicted octanol–water partition coefficient (Wildman–Crippen LogP) is 2.44. The van der Waals surface area contributed by atoms with E-state index in [0.717, 1.165) is 10.4 Å². The minimum atomic E-state index is -3.57. The van der Waals surface area contributed by atoms with Crippen molar-refractivity contribution >= 4 is 21.4 Å². The molecule has 114 valence electrons. The van der Waals surface area contributed by atoms with Crippen LogP contribution in [0.15, 0.2) is 28.5 Å². The summed E-state index contributed by atoms with van der Waals surface area (Å²) in [7, 11) is -3.57. The Morgan fingerprint density at radius 2 is 1.86 bits per heavy atom. The number of nitrogens with two attached hydrogens (primary N) is 1. The Balaban J connectivity index is 2.15. The van der Waals surface area contributed by atoms with Gasteiger partial charge in [0.25, 0.3) is 0 Å². The highest BCUT2D eigenvalue weighted by molar-refractivity contribution is 7.89. The highest BCUT2D eigenvalue weighted by Crippen LogP contribution is 2.19. The lowest BCUT2D eigenvalue weighted by molar-refractivity contribution is 0.581. The van der Waals surface area contributed by atoms with E-state index in [9.17, 15) is 12.8 Å². The maximum atomic E-state index is 13.5. The van der Waals surface area contributed by atoms with Gasteiger partial charge in [-0.15, -0.1) is 11.3 Å². The van der Waals surface area contributed by atoms with E-state index in [2.05, 4.69) is 4.72 Å². The fourth-order valence-corrected chi connectivity index (χ4v) is 4.18. The van der Waals surface area contributed by atoms with Crippen LogP contribution in [0.4, 0.5) is 4.39 Å². The molecule has 1 aromatic heterocycles. The average molecular weight is 328 g/mol. The maximum absolute atomic E-state index is 13.5. The summed E-state index contributed by atoms with van der Waals surface area (Å²) < 4.78 is 40.4. The molecule has 2 aromatic rings. The van der Waals surface area contributed by atoms with Gasteiger partial charge < -0.3 is 5.73 Å². The standard InChI is InChI=1S/C14H17FN2O2S2/c1-9-3-11(4-10(2)14(9)15)7-17-21(18,19)13-5-12(6-16)20-8-13/h3-5,8,17H,6-7,16H2,1-2H3. The van der Waals surface area contributed by atoms with E-state index in [4.69, 9.17) is 5.73 Å². The number of halogens is 1. The van der Waals surface area contributed by atoms with Crippen molar-refractivity contribution < 1.29 is 12.8 Å². The number of aryl methyl sites for hydroxylation is 2. The van der Waals surface area contributed by atoms with E-state index in [0.29, 0.717) is 17.7 Å². The minimum Gasteiger partial charge on any atom is -0.326 e. The Kier molecular flexibility index (Phi) is 4.77. The zero-order valence-electron chi connectivity index (χ0n) is 11.8. The van der Waals surface area contributed by atoms with Crippen molar-refractivity contribution in [2.24, 2.45) is 5.73 Å². The molecule has 0 aliphatic heterocycles. The highest BCUT2D eigenvalue weighted by atomic mass is 32.2. The van der Waals surface area contributed by atoms with Crippen LogP contribution in [0.1, 0.15) is 21.6 Å². The Labute approximate surface area is 127 Å². The van der Waals surface area contributed by atoms with Crippen LogP contribution >= 0.6 is 11.3 Å². The smallest absolute Gasteiger partial charge is 0.241 e. The molecule has 0 aliphatic carbocycles. The van der Waals surface area contributed by atoms with Crippen molar-refractivity contribution in [2.45, 2.75) is 31.8 Å². The normalized spacial score (nSPS) is 11.8. The Morgan fingerprint density at radius 3 is 2.38 bits per heavy atom. The first-order valence-corrected chi connectivity index (χ1v) is 8.72. The first kappa shape index (κ1) is 16.1. The van der Waals surface area contributed by atoms with Crippen molar-refractivity contribution in [3.8, 4) is 0 Å². The maximum Gasteiger partial charge on any atom is 0.241 e. The molecule has 0 spiro atoms. The fourth-order valence-electron chi connectivity index (χ4n) is 2.01. The quantitative estimate of drug-likeness (QED) is 0.885. The molecule has 0 unspecified atom stereocenters. The third kappa shape index (κ3) is 3.68. The summed E-state index contributed by atoms with van der Waals surface area (Å²) in [4.78, 5) is 1.02. The van der Waals surface area contributed by atoms with Gasteiger partial charge in [0, 0.05) is 23.3 Å². The van der Waals surface area contributed by atoms with Crippen LogP contribution in [-0.2, 0) is 23.1 Å². The summed E-state index contributed by atoms with van der Waals surface area (Å²) in [6.45, 7) is 3.76. The van der Waals surface area contributed by atoms with Crippen LogP contribution in [0.2, 0.25) is 0 Å². The molecule has 1 aromatic carbocycles. The van der Waals surface area contributed by atoms with Gasteiger partial charge in [0.15, 0.2) is 0 Å². The first-order chi connectivity index (χ1) is 9.83. The van der Waals surface area contributed by atoms with Gasteiger partial charge in [0.1, 0.15) is 5.82 Å². The lowest BCUT2D eigenvalue weighted by Crippen LogP contribution is -2.23. The van der Waals surface area contributed by atoms with Gasteiger partial charge in [-0.05, 0) is 36.6 Å². The van der Waals surface area contributed by atoms with E-state index in [1.54, 1.807) is 37.4 Å². The van der Waals surface area contributed by atoms with Crippen LogP contribution in [0.3, 0.4) is 0 Å². The number of sulfonamides is 1. The van der Waals surface area contributed by atoms with Gasteiger partial charge >= 0.3 is 0 Å². The summed E-state index contributed by atoms with van der Waals surface area (Å²) >= 11 is 1.31. The van der Waals surface area contributed by atoms with Gasteiger partial charge in [-0.1, -0.05) is 12.1 Å². The van der Waals surface area contributed by atoms with Crippen LogP contribution in [-0.4, -0.2) is 8.42 Å². The summed E-state index contributed by atoms with van der Waals surface area (Å²) in [6.07, 6.45) is 0. The second-order valence-corrected chi connectivity index (χ2v) is 7.58. The van der Waals surface area contributed by atoms with Crippen molar-refractivity contribution in [3.63, 3.8) is 0 Å². The summed E-state index contributed by atoms with van der Waals surface area (Å²) in [5.74, 6) is -0.257. The largest absolute Gasteiger partial charge is 0.326 e. The molecule has 1 heterocycles. The molecular weight excluding hydrogens is 311 g/mol. The number of thiophene rings is 1. The second-order valence-electron chi connectivity index (χ2n) is 4.82. The molecule has 0 aliphatic rings. The van der Waals surface area contributed by atoms with E-state index in [1.165, 1.54) is 11.3 Å². The molecule has 2 rings (SSSR count). The highest BCUT2D eigenvalue weighted by Gasteiger charge is 2.16. The lowest BCUT2D eigenvalue weighted by Gasteiger charge is -2.08. The third-order valence-corrected chi connectivity index (χ3v) is 5.59. The van der Waals surface area contributed by atoms with Gasteiger partial charge in [0.2, 0.25) is 10.0 Å². The molecule has 3 N–H and O–H groups in total. The molecule has 0 radical (unpaired) electrons. The van der Waals surface area contributed by atoms with Crippen molar-refractivity contribution in [1.29, 1.82) is 0 Å². The predicted molar refractivity (Wildman–Crippen MR) is 82.1 cm³/mol. The van der Waals surface area contributed by atoms with Crippen molar-refractivity contribution in [2.75, 3.05) is 0 Å². The van der Waals surface area contributed by atoms with E-state index < -0.39 is 10.0 Å². The van der Waals surface area contributed by atoms with E-state index in [-0.39, 0.29) is 17.3 Å². The molecule has 0 bridgehead atoms. The molecule has 0 saturated heterocycles. The summed E-state index contributed by atoms with van der Waals surface area (Å²) in [5.41, 5.74) is 7.21. The van der Waals surface area contributed by atoms with Crippen LogP contribution in [0.25, 0.3) is 0 Å². The van der Waals surface area contributed by atoms with E-state index in [1.807, 2.05) is 0 Å². The monoisotopic (exact) mass is 328 g/mol. The molecule has 0 atom stereocenters. The zero-order chi connectivity index (χ0) is 15.6. The van der Waals surface area contributed by atoms with Crippen molar-refractivity contribution in [1.82, 2.24) is 4.72 Å².